The Kier molecular flexibility index (Phi) is 6.95. The molecule has 2 aromatic rings. The van der Waals surface area contributed by atoms with Gasteiger partial charge < -0.3 is 20.5 Å². The fourth-order valence-electron chi connectivity index (χ4n) is 1.62. The van der Waals surface area contributed by atoms with Gasteiger partial charge in [-0.2, -0.15) is 0 Å². The number of nitrogens with one attached hydrogen (secondary N) is 1. The van der Waals surface area contributed by atoms with Crippen LogP contribution < -0.4 is 20.5 Å². The van der Waals surface area contributed by atoms with E-state index in [2.05, 4.69) is 15.5 Å². The van der Waals surface area contributed by atoms with Gasteiger partial charge in [-0.25, -0.2) is 0 Å². The van der Waals surface area contributed by atoms with Crippen molar-refractivity contribution >= 4 is 34.1 Å². The first-order valence-corrected chi connectivity index (χ1v) is 8.81. The molecule has 9 heteroatoms. The maximum absolute atomic E-state index is 11.7. The Morgan fingerprint density at radius 3 is 2.57 bits per heavy atom. The van der Waals surface area contributed by atoms with Crippen molar-refractivity contribution < 1.29 is 14.3 Å². The molecule has 7 nitrogen and oxygen atoms in total. The highest BCUT2D eigenvalue weighted by molar-refractivity contribution is 8.01. The summed E-state index contributed by atoms with van der Waals surface area (Å²) in [6.07, 6.45) is 0. The Morgan fingerprint density at radius 2 is 1.96 bits per heavy atom. The van der Waals surface area contributed by atoms with E-state index >= 15 is 0 Å². The van der Waals surface area contributed by atoms with Crippen molar-refractivity contribution in [2.24, 2.45) is 0 Å². The van der Waals surface area contributed by atoms with Gasteiger partial charge in [0.2, 0.25) is 11.0 Å². The average Bonchev–Trinajstić information content (AvgIpc) is 2.97. The Labute approximate surface area is 142 Å². The molecule has 1 heterocycles. The van der Waals surface area contributed by atoms with Crippen LogP contribution in [-0.4, -0.2) is 41.6 Å². The minimum Gasteiger partial charge on any atom is -0.494 e. The van der Waals surface area contributed by atoms with Crippen molar-refractivity contribution in [3.63, 3.8) is 0 Å². The normalized spacial score (nSPS) is 10.3. The largest absolute Gasteiger partial charge is 0.494 e. The maximum atomic E-state index is 11.7. The number of benzene rings is 1. The molecule has 0 saturated carbocycles. The van der Waals surface area contributed by atoms with Crippen LogP contribution in [0.15, 0.2) is 28.6 Å². The standard InChI is InChI=1S/C14H18N4O3S2/c1-2-20-10-3-5-11(6-4-10)21-8-7-16-12(19)9-22-14-18-17-13(15)23-14/h3-6H,2,7-9H2,1H3,(H2,15,17)(H,16,19). The van der Waals surface area contributed by atoms with Crippen molar-refractivity contribution in [1.29, 1.82) is 0 Å². The first-order valence-electron chi connectivity index (χ1n) is 7.01. The molecule has 0 bridgehead atoms. The summed E-state index contributed by atoms with van der Waals surface area (Å²) in [4.78, 5) is 11.7. The summed E-state index contributed by atoms with van der Waals surface area (Å²) in [5.74, 6) is 1.74. The van der Waals surface area contributed by atoms with Crippen molar-refractivity contribution in [3.8, 4) is 11.5 Å². The zero-order valence-electron chi connectivity index (χ0n) is 12.7. The predicted molar refractivity (Wildman–Crippen MR) is 91.2 cm³/mol. The lowest BCUT2D eigenvalue weighted by atomic mass is 10.3. The van der Waals surface area contributed by atoms with E-state index in [1.165, 1.54) is 23.1 Å². The molecule has 124 valence electrons. The lowest BCUT2D eigenvalue weighted by molar-refractivity contribution is -0.118. The molecule has 0 fully saturated rings. The molecular formula is C14H18N4O3S2. The molecule has 2 rings (SSSR count). The summed E-state index contributed by atoms with van der Waals surface area (Å²) in [7, 11) is 0. The number of anilines is 1. The number of nitrogens with zero attached hydrogens (tertiary/aromatic N) is 2. The molecule has 0 atom stereocenters. The number of aromatic nitrogens is 2. The predicted octanol–water partition coefficient (Wildman–Crippen LogP) is 1.81. The van der Waals surface area contributed by atoms with Crippen molar-refractivity contribution in [3.05, 3.63) is 24.3 Å². The fraction of sp³-hybridized carbons (Fsp3) is 0.357. The molecule has 0 aliphatic carbocycles. The Balaban J connectivity index is 1.60. The number of amides is 1. The van der Waals surface area contributed by atoms with E-state index in [0.29, 0.717) is 29.2 Å². The second kappa shape index (κ2) is 9.21. The van der Waals surface area contributed by atoms with Crippen molar-refractivity contribution in [1.82, 2.24) is 15.5 Å². The summed E-state index contributed by atoms with van der Waals surface area (Å²) in [6, 6.07) is 7.37. The van der Waals surface area contributed by atoms with Gasteiger partial charge in [-0.3, -0.25) is 4.79 Å². The minimum atomic E-state index is -0.0842. The molecule has 23 heavy (non-hydrogen) atoms. The SMILES string of the molecule is CCOc1ccc(OCCNC(=O)CSc2nnc(N)s2)cc1. The van der Waals surface area contributed by atoms with Crippen LogP contribution in [0.25, 0.3) is 0 Å². The van der Waals surface area contributed by atoms with Gasteiger partial charge in [-0.15, -0.1) is 10.2 Å². The Bertz CT molecular complexity index is 619. The van der Waals surface area contributed by atoms with Gasteiger partial charge >= 0.3 is 0 Å². The molecular weight excluding hydrogens is 336 g/mol. The highest BCUT2D eigenvalue weighted by Gasteiger charge is 2.06. The van der Waals surface area contributed by atoms with E-state index in [9.17, 15) is 4.79 Å². The first-order chi connectivity index (χ1) is 11.2. The van der Waals surface area contributed by atoms with E-state index in [1.807, 2.05) is 31.2 Å². The van der Waals surface area contributed by atoms with Gasteiger partial charge in [0.15, 0.2) is 4.34 Å². The number of carbonyl (C=O) groups excluding carboxylic acids is 1. The van der Waals surface area contributed by atoms with Crippen LogP contribution in [0.4, 0.5) is 5.13 Å². The number of ether oxygens (including phenoxy) is 2. The monoisotopic (exact) mass is 354 g/mol. The summed E-state index contributed by atoms with van der Waals surface area (Å²) in [5, 5.41) is 10.7. The molecule has 1 aromatic carbocycles. The van der Waals surface area contributed by atoms with Gasteiger partial charge in [-0.1, -0.05) is 23.1 Å². The van der Waals surface area contributed by atoms with Gasteiger partial charge in [0.1, 0.15) is 18.1 Å². The molecule has 0 unspecified atom stereocenters. The average molecular weight is 354 g/mol. The maximum Gasteiger partial charge on any atom is 0.230 e. The van der Waals surface area contributed by atoms with E-state index in [0.717, 1.165) is 11.5 Å². The summed E-state index contributed by atoms with van der Waals surface area (Å²) in [5.41, 5.74) is 5.47. The van der Waals surface area contributed by atoms with E-state index < -0.39 is 0 Å². The first kappa shape index (κ1) is 17.4. The molecule has 1 amide bonds. The topological polar surface area (TPSA) is 99.4 Å². The zero-order chi connectivity index (χ0) is 16.5. The highest BCUT2D eigenvalue weighted by Crippen LogP contribution is 2.23. The molecule has 0 aliphatic rings. The molecule has 3 N–H and O–H groups in total. The van der Waals surface area contributed by atoms with Crippen LogP contribution in [0.2, 0.25) is 0 Å². The van der Waals surface area contributed by atoms with E-state index in [4.69, 9.17) is 15.2 Å². The lowest BCUT2D eigenvalue weighted by Gasteiger charge is -2.08. The number of carbonyl (C=O) groups is 1. The molecule has 0 radical (unpaired) electrons. The summed E-state index contributed by atoms with van der Waals surface area (Å²) >= 11 is 2.57. The third-order valence-electron chi connectivity index (χ3n) is 2.58. The quantitative estimate of drug-likeness (QED) is 0.523. The number of thioether (sulfide) groups is 1. The summed E-state index contributed by atoms with van der Waals surface area (Å²) < 4.78 is 11.6. The molecule has 0 spiro atoms. The molecule has 0 saturated heterocycles. The summed E-state index contributed by atoms with van der Waals surface area (Å²) in [6.45, 7) is 3.40. The van der Waals surface area contributed by atoms with Crippen LogP contribution in [-0.2, 0) is 4.79 Å². The van der Waals surface area contributed by atoms with Crippen molar-refractivity contribution in [2.45, 2.75) is 11.3 Å². The Hall–Kier alpha value is -2.00. The van der Waals surface area contributed by atoms with Gasteiger partial charge in [0.05, 0.1) is 18.9 Å². The second-order valence-corrected chi connectivity index (χ2v) is 6.53. The van der Waals surface area contributed by atoms with Gasteiger partial charge in [0, 0.05) is 0 Å². The molecule has 1 aromatic heterocycles. The van der Waals surface area contributed by atoms with Crippen molar-refractivity contribution in [2.75, 3.05) is 31.2 Å². The number of hydrogen-bond donors (Lipinski definition) is 2. The third-order valence-corrected chi connectivity index (χ3v) is 4.46. The zero-order valence-corrected chi connectivity index (χ0v) is 14.3. The van der Waals surface area contributed by atoms with Crippen LogP contribution in [0.1, 0.15) is 6.92 Å². The second-order valence-electron chi connectivity index (χ2n) is 4.30. The molecule has 0 aliphatic heterocycles. The number of hydrogen-bond acceptors (Lipinski definition) is 8. The van der Waals surface area contributed by atoms with Crippen LogP contribution >= 0.6 is 23.1 Å². The smallest absolute Gasteiger partial charge is 0.230 e. The number of nitrogen functional groups attached to an aromatic ring is 1. The minimum absolute atomic E-state index is 0.0842. The number of nitrogens with two attached hydrogens (primary N) is 1. The van der Waals surface area contributed by atoms with Crippen LogP contribution in [0, 0.1) is 0 Å². The van der Waals surface area contributed by atoms with Crippen LogP contribution in [0.3, 0.4) is 0 Å². The highest BCUT2D eigenvalue weighted by atomic mass is 32.2. The number of rotatable bonds is 9. The van der Waals surface area contributed by atoms with Crippen LogP contribution in [0.5, 0.6) is 11.5 Å². The fourth-order valence-corrected chi connectivity index (χ4v) is 3.08. The van der Waals surface area contributed by atoms with Gasteiger partial charge in [-0.05, 0) is 31.2 Å². The third kappa shape index (κ3) is 6.33. The lowest BCUT2D eigenvalue weighted by Crippen LogP contribution is -2.29. The Morgan fingerprint density at radius 1 is 1.26 bits per heavy atom. The van der Waals surface area contributed by atoms with E-state index in [1.54, 1.807) is 0 Å². The van der Waals surface area contributed by atoms with Gasteiger partial charge in [0.25, 0.3) is 0 Å². The van der Waals surface area contributed by atoms with E-state index in [-0.39, 0.29) is 11.7 Å².